The highest BCUT2D eigenvalue weighted by molar-refractivity contribution is 6.39. The summed E-state index contributed by atoms with van der Waals surface area (Å²) in [6.45, 7) is 11.9. The molecule has 0 aromatic heterocycles. The second-order valence-corrected chi connectivity index (χ2v) is 6.66. The van der Waals surface area contributed by atoms with E-state index in [9.17, 15) is 8.78 Å². The fraction of sp³-hybridized carbons (Fsp3) is 0.722. The summed E-state index contributed by atoms with van der Waals surface area (Å²) in [6, 6.07) is 0. The van der Waals surface area contributed by atoms with Crippen LogP contribution in [-0.4, -0.2) is 18.7 Å². The van der Waals surface area contributed by atoms with E-state index in [1.165, 1.54) is 6.92 Å². The van der Waals surface area contributed by atoms with Crippen molar-refractivity contribution in [1.82, 2.24) is 5.32 Å². The lowest BCUT2D eigenvalue weighted by Gasteiger charge is -2.27. The van der Waals surface area contributed by atoms with Gasteiger partial charge >= 0.3 is 0 Å². The molecule has 2 atom stereocenters. The molecule has 0 fully saturated rings. The number of allylic oxidation sites excluding steroid dienone is 3. The van der Waals surface area contributed by atoms with Gasteiger partial charge in [0.05, 0.1) is 5.03 Å². The lowest BCUT2D eigenvalue weighted by Crippen LogP contribution is -2.30. The third kappa shape index (κ3) is 9.09. The number of nitrogens with one attached hydrogen (secondary N) is 1. The molecule has 0 saturated carbocycles. The molecule has 0 aliphatic heterocycles. The summed E-state index contributed by atoms with van der Waals surface area (Å²) in [5.74, 6) is -1.71. The molecule has 2 unspecified atom stereocenters. The van der Waals surface area contributed by atoms with Gasteiger partial charge in [0.1, 0.15) is 5.82 Å². The second-order valence-electron chi connectivity index (χ2n) is 6.22. The Morgan fingerprint density at radius 2 is 1.91 bits per heavy atom. The van der Waals surface area contributed by atoms with Crippen LogP contribution in [0.4, 0.5) is 8.78 Å². The van der Waals surface area contributed by atoms with Crippen LogP contribution < -0.4 is 5.32 Å². The molecule has 0 amide bonds. The Balaban J connectivity index is 4.80. The van der Waals surface area contributed by atoms with Gasteiger partial charge in [-0.15, -0.1) is 0 Å². The molecule has 0 aliphatic rings. The Morgan fingerprint density at radius 1 is 1.30 bits per heavy atom. The Kier molecular flexibility index (Phi) is 10.4. The highest BCUT2D eigenvalue weighted by Crippen LogP contribution is 2.31. The highest BCUT2D eigenvalue weighted by Gasteiger charge is 2.31. The Labute approximate surface area is 145 Å². The predicted molar refractivity (Wildman–Crippen MR) is 97.3 cm³/mol. The first-order chi connectivity index (χ1) is 10.7. The van der Waals surface area contributed by atoms with Crippen molar-refractivity contribution in [2.75, 3.05) is 6.54 Å². The maximum absolute atomic E-state index is 13.6. The molecular formula is C18H31ClF2N2. The van der Waals surface area contributed by atoms with Crippen molar-refractivity contribution in [3.63, 3.8) is 0 Å². The molecule has 0 heterocycles. The van der Waals surface area contributed by atoms with Gasteiger partial charge in [-0.2, -0.15) is 0 Å². The van der Waals surface area contributed by atoms with Gasteiger partial charge in [0.2, 0.25) is 5.92 Å². The minimum atomic E-state index is -2.58. The third-order valence-corrected chi connectivity index (χ3v) is 4.38. The van der Waals surface area contributed by atoms with Gasteiger partial charge in [-0.1, -0.05) is 44.9 Å². The standard InChI is InChI=1S/C18H31ClF2N2/c1-7-15(14(6)10-18(20,21)9-3)11-22-17(13(4)5)23-12-16(19)8-2/h8,12,14-15,22H,7,9-11H2,1-6H3/b16-8+,23-12-. The van der Waals surface area contributed by atoms with E-state index in [2.05, 4.69) is 10.3 Å². The van der Waals surface area contributed by atoms with Crippen LogP contribution in [0.25, 0.3) is 0 Å². The minimum absolute atomic E-state index is 0.0519. The van der Waals surface area contributed by atoms with E-state index in [1.54, 1.807) is 12.3 Å². The molecule has 0 aromatic carbocycles. The molecule has 0 bridgehead atoms. The van der Waals surface area contributed by atoms with E-state index >= 15 is 0 Å². The molecule has 0 saturated heterocycles. The zero-order chi connectivity index (χ0) is 18.0. The molecule has 23 heavy (non-hydrogen) atoms. The molecule has 0 aliphatic carbocycles. The lowest BCUT2D eigenvalue weighted by molar-refractivity contribution is -0.0315. The first-order valence-corrected chi connectivity index (χ1v) is 8.69. The monoisotopic (exact) mass is 348 g/mol. The fourth-order valence-electron chi connectivity index (χ4n) is 2.31. The number of hydrogen-bond donors (Lipinski definition) is 1. The Morgan fingerprint density at radius 3 is 2.35 bits per heavy atom. The number of alkyl halides is 2. The summed E-state index contributed by atoms with van der Waals surface area (Å²) in [5.41, 5.74) is 1.03. The van der Waals surface area contributed by atoms with Crippen LogP contribution in [0.2, 0.25) is 0 Å². The lowest BCUT2D eigenvalue weighted by atomic mass is 9.86. The Bertz CT molecular complexity index is 438. The van der Waals surface area contributed by atoms with Crippen LogP contribution in [0.15, 0.2) is 27.5 Å². The van der Waals surface area contributed by atoms with Crippen molar-refractivity contribution in [3.8, 4) is 0 Å². The molecule has 0 aromatic rings. The number of nitrogens with zero attached hydrogens (tertiary/aromatic N) is 1. The van der Waals surface area contributed by atoms with Crippen LogP contribution in [0, 0.1) is 11.8 Å². The first-order valence-electron chi connectivity index (χ1n) is 8.31. The van der Waals surface area contributed by atoms with E-state index in [0.29, 0.717) is 11.6 Å². The van der Waals surface area contributed by atoms with Crippen molar-refractivity contribution < 1.29 is 8.78 Å². The maximum Gasteiger partial charge on any atom is 0.248 e. The van der Waals surface area contributed by atoms with E-state index in [1.807, 2.05) is 34.6 Å². The first kappa shape index (κ1) is 22.1. The number of rotatable bonds is 10. The van der Waals surface area contributed by atoms with Crippen molar-refractivity contribution in [1.29, 1.82) is 0 Å². The van der Waals surface area contributed by atoms with Crippen LogP contribution in [-0.2, 0) is 0 Å². The zero-order valence-electron chi connectivity index (χ0n) is 15.2. The van der Waals surface area contributed by atoms with E-state index < -0.39 is 5.92 Å². The van der Waals surface area contributed by atoms with Crippen LogP contribution in [0.1, 0.15) is 60.8 Å². The average molecular weight is 349 g/mol. The van der Waals surface area contributed by atoms with Gasteiger partial charge in [0, 0.05) is 25.6 Å². The molecule has 134 valence electrons. The van der Waals surface area contributed by atoms with Crippen molar-refractivity contribution in [2.24, 2.45) is 16.8 Å². The van der Waals surface area contributed by atoms with E-state index in [4.69, 9.17) is 11.6 Å². The summed E-state index contributed by atoms with van der Waals surface area (Å²) in [6.07, 6.45) is 4.03. The topological polar surface area (TPSA) is 24.4 Å². The van der Waals surface area contributed by atoms with Gasteiger partial charge in [0.25, 0.3) is 0 Å². The average Bonchev–Trinajstić information content (AvgIpc) is 2.49. The zero-order valence-corrected chi connectivity index (χ0v) is 16.0. The molecule has 5 heteroatoms. The molecule has 0 rings (SSSR count). The van der Waals surface area contributed by atoms with Crippen LogP contribution in [0.5, 0.6) is 0 Å². The van der Waals surface area contributed by atoms with Crippen LogP contribution in [0.3, 0.4) is 0 Å². The SMILES string of the molecule is C/C=C(Cl)\C=N/C(NCC(CC)C(C)CC(F)(F)CC)=C(C)C. The molecule has 0 spiro atoms. The minimum Gasteiger partial charge on any atom is -0.370 e. The normalized spacial score (nSPS) is 15.6. The maximum atomic E-state index is 13.6. The van der Waals surface area contributed by atoms with Crippen molar-refractivity contribution in [3.05, 3.63) is 22.5 Å². The molecule has 1 N–H and O–H groups in total. The second kappa shape index (κ2) is 10.8. The summed E-state index contributed by atoms with van der Waals surface area (Å²) < 4.78 is 27.2. The van der Waals surface area contributed by atoms with Crippen LogP contribution >= 0.6 is 11.6 Å². The van der Waals surface area contributed by atoms with Gasteiger partial charge in [-0.3, -0.25) is 0 Å². The van der Waals surface area contributed by atoms with E-state index in [0.717, 1.165) is 17.8 Å². The number of aliphatic imine (C=N–C) groups is 1. The number of halogens is 3. The third-order valence-electron chi connectivity index (χ3n) is 4.07. The highest BCUT2D eigenvalue weighted by atomic mass is 35.5. The van der Waals surface area contributed by atoms with Gasteiger partial charge in [-0.25, -0.2) is 13.8 Å². The van der Waals surface area contributed by atoms with Gasteiger partial charge in [-0.05, 0) is 38.2 Å². The van der Waals surface area contributed by atoms with Gasteiger partial charge < -0.3 is 5.32 Å². The molecule has 0 radical (unpaired) electrons. The Hall–Kier alpha value is -0.900. The number of hydrogen-bond acceptors (Lipinski definition) is 2. The fourth-order valence-corrected chi connectivity index (χ4v) is 2.36. The summed E-state index contributed by atoms with van der Waals surface area (Å²) in [7, 11) is 0. The quantitative estimate of drug-likeness (QED) is 0.471. The predicted octanol–water partition coefficient (Wildman–Crippen LogP) is 6.14. The van der Waals surface area contributed by atoms with Crippen molar-refractivity contribution >= 4 is 17.8 Å². The summed E-state index contributed by atoms with van der Waals surface area (Å²) in [5, 5.41) is 3.85. The van der Waals surface area contributed by atoms with Crippen molar-refractivity contribution in [2.45, 2.75) is 66.7 Å². The molecular weight excluding hydrogens is 318 g/mol. The summed E-state index contributed by atoms with van der Waals surface area (Å²) in [4.78, 5) is 4.35. The molecule has 2 nitrogen and oxygen atoms in total. The van der Waals surface area contributed by atoms with E-state index in [-0.39, 0.29) is 24.7 Å². The largest absolute Gasteiger partial charge is 0.370 e. The smallest absolute Gasteiger partial charge is 0.248 e. The summed E-state index contributed by atoms with van der Waals surface area (Å²) >= 11 is 5.92. The van der Waals surface area contributed by atoms with Gasteiger partial charge in [0.15, 0.2) is 0 Å².